The van der Waals surface area contributed by atoms with Gasteiger partial charge in [-0.05, 0) is 60.8 Å². The number of amides is 2. The van der Waals surface area contributed by atoms with Crippen molar-refractivity contribution in [3.63, 3.8) is 0 Å². The van der Waals surface area contributed by atoms with Gasteiger partial charge in [0.1, 0.15) is 6.09 Å². The highest BCUT2D eigenvalue weighted by Gasteiger charge is 2.31. The predicted octanol–water partition coefficient (Wildman–Crippen LogP) is 4.31. The smallest absolute Gasteiger partial charge is 0.416 e. The van der Waals surface area contributed by atoms with Crippen molar-refractivity contribution in [1.29, 1.82) is 0 Å². The summed E-state index contributed by atoms with van der Waals surface area (Å²) in [5.41, 5.74) is -1.30. The molecule has 1 aromatic carbocycles. The van der Waals surface area contributed by atoms with E-state index in [4.69, 9.17) is 0 Å². The van der Waals surface area contributed by atoms with Gasteiger partial charge in [-0.15, -0.1) is 11.3 Å². The third-order valence-electron chi connectivity index (χ3n) is 4.30. The summed E-state index contributed by atoms with van der Waals surface area (Å²) in [6.45, 7) is 4.87. The molecule has 1 aromatic heterocycles. The summed E-state index contributed by atoms with van der Waals surface area (Å²) in [6, 6.07) is 5.61. The van der Waals surface area contributed by atoms with Crippen molar-refractivity contribution in [1.82, 2.24) is 10.2 Å². The molecule has 5 nitrogen and oxygen atoms in total. The molecule has 2 rings (SSSR count). The second-order valence-electron chi connectivity index (χ2n) is 7.75. The van der Waals surface area contributed by atoms with Gasteiger partial charge in [0.15, 0.2) is 0 Å². The number of benzene rings is 1. The first kappa shape index (κ1) is 24.2. The number of rotatable bonds is 6. The molecule has 0 bridgehead atoms. The Hall–Kier alpha value is -2.07. The van der Waals surface area contributed by atoms with Crippen molar-refractivity contribution in [2.45, 2.75) is 44.9 Å². The number of nitrogens with one attached hydrogen (secondary N) is 1. The van der Waals surface area contributed by atoms with Gasteiger partial charge in [-0.3, -0.25) is 4.79 Å². The van der Waals surface area contributed by atoms with Crippen molar-refractivity contribution < 1.29 is 27.9 Å². The van der Waals surface area contributed by atoms with Gasteiger partial charge in [-0.25, -0.2) is 0 Å². The van der Waals surface area contributed by atoms with E-state index in [1.165, 1.54) is 23.5 Å². The number of hydrogen-bond acceptors (Lipinski definition) is 4. The van der Waals surface area contributed by atoms with Crippen LogP contribution >= 0.6 is 27.3 Å². The molecule has 0 spiro atoms. The van der Waals surface area contributed by atoms with E-state index in [-0.39, 0.29) is 13.0 Å². The van der Waals surface area contributed by atoms with E-state index in [1.807, 2.05) is 0 Å². The van der Waals surface area contributed by atoms with Crippen LogP contribution in [-0.4, -0.2) is 35.0 Å². The molecule has 2 aromatic rings. The molecule has 1 atom stereocenters. The minimum absolute atomic E-state index is 0.0159. The zero-order valence-electron chi connectivity index (χ0n) is 16.5. The van der Waals surface area contributed by atoms with Gasteiger partial charge in [0, 0.05) is 21.9 Å². The fourth-order valence-electron chi connectivity index (χ4n) is 2.85. The van der Waals surface area contributed by atoms with E-state index >= 15 is 0 Å². The second kappa shape index (κ2) is 9.38. The number of nitrogens with zero attached hydrogens (tertiary/aromatic N) is 1. The summed E-state index contributed by atoms with van der Waals surface area (Å²) < 4.78 is 39.9. The number of thiophene rings is 1. The van der Waals surface area contributed by atoms with Crippen LogP contribution in [0, 0.1) is 0 Å². The molecule has 0 aliphatic heterocycles. The molecule has 0 aliphatic carbocycles. The Balaban J connectivity index is 2.30. The van der Waals surface area contributed by atoms with E-state index in [0.29, 0.717) is 10.4 Å². The first-order chi connectivity index (χ1) is 13.8. The first-order valence-electron chi connectivity index (χ1n) is 8.97. The van der Waals surface area contributed by atoms with Gasteiger partial charge in [0.2, 0.25) is 0 Å². The van der Waals surface area contributed by atoms with Gasteiger partial charge in [0.25, 0.3) is 5.91 Å². The monoisotopic (exact) mass is 505 g/mol. The molecule has 0 aliphatic rings. The molecule has 0 saturated heterocycles. The largest absolute Gasteiger partial charge is 0.530 e. The lowest BCUT2D eigenvalue weighted by Gasteiger charge is -2.40. The Morgan fingerprint density at radius 3 is 2.40 bits per heavy atom. The average molecular weight is 506 g/mol. The third-order valence-corrected chi connectivity index (χ3v) is 5.99. The van der Waals surface area contributed by atoms with E-state index < -0.39 is 35.3 Å². The van der Waals surface area contributed by atoms with Crippen molar-refractivity contribution in [2.24, 2.45) is 0 Å². The quantitative estimate of drug-likeness (QED) is 0.635. The van der Waals surface area contributed by atoms with Crippen LogP contribution in [-0.2, 0) is 12.6 Å². The lowest BCUT2D eigenvalue weighted by atomic mass is 10.00. The normalized spacial score (nSPS) is 13.0. The fraction of sp³-hybridized carbons (Fsp3) is 0.400. The SMILES string of the molecule is CC(C)(C)N(C[C@H](Cc1cccc(C(F)(F)F)c1)NC(=O)c1cc(Br)cs1)C(=O)[O-]. The Bertz CT molecular complexity index is 909. The molecule has 30 heavy (non-hydrogen) atoms. The Morgan fingerprint density at radius 1 is 1.23 bits per heavy atom. The average Bonchev–Trinajstić information content (AvgIpc) is 3.04. The van der Waals surface area contributed by atoms with Crippen LogP contribution in [0.2, 0.25) is 0 Å². The van der Waals surface area contributed by atoms with Gasteiger partial charge in [0.05, 0.1) is 16.5 Å². The minimum Gasteiger partial charge on any atom is -0.530 e. The molecule has 2 amide bonds. The fourth-order valence-corrected chi connectivity index (χ4v) is 4.18. The summed E-state index contributed by atoms with van der Waals surface area (Å²) in [5, 5.41) is 16.1. The molecular weight excluding hydrogens is 485 g/mol. The second-order valence-corrected chi connectivity index (χ2v) is 9.58. The zero-order chi connectivity index (χ0) is 22.7. The number of carboxylic acid groups (broad SMARTS) is 1. The molecule has 0 unspecified atom stereocenters. The lowest BCUT2D eigenvalue weighted by Crippen LogP contribution is -2.57. The molecular formula is C20H21BrF3N2O3S-. The van der Waals surface area contributed by atoms with Gasteiger partial charge in [-0.2, -0.15) is 13.2 Å². The standard InChI is InChI=1S/C20H22BrF3N2O3S/c1-19(2,3)26(18(28)29)10-15(25-17(27)16-9-14(21)11-30-16)8-12-5-4-6-13(7-12)20(22,23)24/h4-7,9,11,15H,8,10H2,1-3H3,(H,25,27)(H,28,29)/p-1/t15-/m0/s1. The van der Waals surface area contributed by atoms with Crippen LogP contribution in [0.1, 0.15) is 41.6 Å². The van der Waals surface area contributed by atoms with E-state index in [1.54, 1.807) is 32.2 Å². The Morgan fingerprint density at radius 2 is 1.90 bits per heavy atom. The number of alkyl halides is 3. The Kier molecular flexibility index (Phi) is 7.57. The molecule has 0 radical (unpaired) electrons. The van der Waals surface area contributed by atoms with Gasteiger partial charge >= 0.3 is 6.18 Å². The van der Waals surface area contributed by atoms with Crippen LogP contribution in [0.15, 0.2) is 40.2 Å². The number of carbonyl (C=O) groups is 2. The molecule has 1 heterocycles. The van der Waals surface area contributed by atoms with Crippen molar-refractivity contribution in [2.75, 3.05) is 6.54 Å². The number of hydrogen-bond donors (Lipinski definition) is 1. The number of carbonyl (C=O) groups excluding carboxylic acids is 2. The van der Waals surface area contributed by atoms with Gasteiger partial charge < -0.3 is 20.1 Å². The van der Waals surface area contributed by atoms with Crippen LogP contribution in [0.3, 0.4) is 0 Å². The summed E-state index contributed by atoms with van der Waals surface area (Å²) in [6.07, 6.45) is -5.91. The minimum atomic E-state index is -4.50. The van der Waals surface area contributed by atoms with Crippen LogP contribution in [0.4, 0.5) is 18.0 Å². The highest BCUT2D eigenvalue weighted by Crippen LogP contribution is 2.30. The maximum Gasteiger partial charge on any atom is 0.416 e. The molecule has 164 valence electrons. The van der Waals surface area contributed by atoms with Crippen molar-refractivity contribution >= 4 is 39.3 Å². The maximum absolute atomic E-state index is 13.0. The van der Waals surface area contributed by atoms with E-state index in [0.717, 1.165) is 21.5 Å². The van der Waals surface area contributed by atoms with Crippen LogP contribution in [0.25, 0.3) is 0 Å². The summed E-state index contributed by atoms with van der Waals surface area (Å²) in [5.74, 6) is -0.435. The Labute approximate surface area is 185 Å². The molecule has 1 N–H and O–H groups in total. The first-order valence-corrected chi connectivity index (χ1v) is 10.6. The molecule has 0 saturated carbocycles. The molecule has 0 fully saturated rings. The topological polar surface area (TPSA) is 72.5 Å². The summed E-state index contributed by atoms with van der Waals surface area (Å²) in [7, 11) is 0. The zero-order valence-corrected chi connectivity index (χ0v) is 19.0. The third kappa shape index (κ3) is 6.73. The molecule has 10 heteroatoms. The van der Waals surface area contributed by atoms with Crippen LogP contribution in [0.5, 0.6) is 0 Å². The van der Waals surface area contributed by atoms with E-state index in [2.05, 4.69) is 21.2 Å². The predicted molar refractivity (Wildman–Crippen MR) is 110 cm³/mol. The summed E-state index contributed by atoms with van der Waals surface area (Å²) >= 11 is 4.45. The highest BCUT2D eigenvalue weighted by atomic mass is 79.9. The van der Waals surface area contributed by atoms with Crippen molar-refractivity contribution in [3.05, 3.63) is 56.2 Å². The maximum atomic E-state index is 13.0. The highest BCUT2D eigenvalue weighted by molar-refractivity contribution is 9.10. The van der Waals surface area contributed by atoms with E-state index in [9.17, 15) is 27.9 Å². The summed E-state index contributed by atoms with van der Waals surface area (Å²) in [4.78, 5) is 25.7. The van der Waals surface area contributed by atoms with Gasteiger partial charge in [-0.1, -0.05) is 18.2 Å². The number of halogens is 4. The van der Waals surface area contributed by atoms with Crippen molar-refractivity contribution in [3.8, 4) is 0 Å². The lowest BCUT2D eigenvalue weighted by molar-refractivity contribution is -0.270. The van der Waals surface area contributed by atoms with Crippen LogP contribution < -0.4 is 10.4 Å².